The predicted molar refractivity (Wildman–Crippen MR) is 86.1 cm³/mol. The van der Waals surface area contributed by atoms with Crippen LogP contribution < -0.4 is 10.6 Å². The topological polar surface area (TPSA) is 95.5 Å². The van der Waals surface area contributed by atoms with Crippen LogP contribution in [0, 0.1) is 11.8 Å². The van der Waals surface area contributed by atoms with E-state index in [1.807, 2.05) is 6.92 Å². The Balaban J connectivity index is 1.98. The Labute approximate surface area is 135 Å². The van der Waals surface area contributed by atoms with Gasteiger partial charge in [0.2, 0.25) is 5.91 Å². The molecule has 1 aliphatic carbocycles. The van der Waals surface area contributed by atoms with Crippen molar-refractivity contribution in [3.05, 3.63) is 29.8 Å². The van der Waals surface area contributed by atoms with E-state index in [1.54, 1.807) is 31.2 Å². The lowest BCUT2D eigenvalue weighted by Gasteiger charge is -2.20. The number of carboxylic acids is 1. The van der Waals surface area contributed by atoms with E-state index >= 15 is 0 Å². The minimum Gasteiger partial charge on any atom is -0.480 e. The Morgan fingerprint density at radius 2 is 1.83 bits per heavy atom. The summed E-state index contributed by atoms with van der Waals surface area (Å²) in [5.74, 6) is -1.51. The number of hydrogen-bond donors (Lipinski definition) is 3. The molecule has 0 saturated heterocycles. The lowest BCUT2D eigenvalue weighted by atomic mass is 9.99. The molecule has 0 heterocycles. The fraction of sp³-hybridized carbons (Fsp3) is 0.471. The maximum Gasteiger partial charge on any atom is 0.326 e. The standard InChI is InChI=1S/C17H22N2O4/c1-3-10(2)14(17(22)23)19-16(21)12-6-8-13(9-7-12)18-15(20)11-4-5-11/h6-11,14H,3-5H2,1-2H3,(H,18,20)(H,19,21)(H,22,23)/t10-,14-/m0/s1. The van der Waals surface area contributed by atoms with Gasteiger partial charge in [-0.3, -0.25) is 9.59 Å². The molecule has 0 bridgehead atoms. The number of aliphatic carboxylic acids is 1. The van der Waals surface area contributed by atoms with E-state index in [-0.39, 0.29) is 17.7 Å². The molecule has 1 aliphatic rings. The minimum atomic E-state index is -1.04. The molecular formula is C17H22N2O4. The highest BCUT2D eigenvalue weighted by Crippen LogP contribution is 2.30. The zero-order valence-corrected chi connectivity index (χ0v) is 13.3. The van der Waals surface area contributed by atoms with Crippen LogP contribution in [0.5, 0.6) is 0 Å². The van der Waals surface area contributed by atoms with Crippen LogP contribution in [0.2, 0.25) is 0 Å². The van der Waals surface area contributed by atoms with Crippen molar-refractivity contribution in [2.24, 2.45) is 11.8 Å². The first-order chi connectivity index (χ1) is 10.9. The first-order valence-electron chi connectivity index (χ1n) is 7.87. The van der Waals surface area contributed by atoms with E-state index in [0.29, 0.717) is 17.7 Å². The van der Waals surface area contributed by atoms with Crippen LogP contribution in [0.4, 0.5) is 5.69 Å². The van der Waals surface area contributed by atoms with Crippen molar-refractivity contribution in [3.8, 4) is 0 Å². The highest BCUT2D eigenvalue weighted by Gasteiger charge is 2.29. The van der Waals surface area contributed by atoms with E-state index in [0.717, 1.165) is 12.8 Å². The van der Waals surface area contributed by atoms with Crippen molar-refractivity contribution in [1.29, 1.82) is 0 Å². The van der Waals surface area contributed by atoms with Crippen molar-refractivity contribution in [3.63, 3.8) is 0 Å². The Hall–Kier alpha value is -2.37. The number of anilines is 1. The molecule has 3 N–H and O–H groups in total. The summed E-state index contributed by atoms with van der Waals surface area (Å²) in [4.78, 5) is 35.1. The van der Waals surface area contributed by atoms with Crippen molar-refractivity contribution in [2.45, 2.75) is 39.2 Å². The van der Waals surface area contributed by atoms with Gasteiger partial charge in [0.15, 0.2) is 0 Å². The highest BCUT2D eigenvalue weighted by atomic mass is 16.4. The summed E-state index contributed by atoms with van der Waals surface area (Å²) < 4.78 is 0. The number of nitrogens with one attached hydrogen (secondary N) is 2. The highest BCUT2D eigenvalue weighted by molar-refractivity contribution is 5.98. The second-order valence-electron chi connectivity index (χ2n) is 6.02. The molecule has 6 nitrogen and oxygen atoms in total. The predicted octanol–water partition coefficient (Wildman–Crippen LogP) is 2.26. The van der Waals surface area contributed by atoms with Gasteiger partial charge in [-0.05, 0) is 43.0 Å². The normalized spacial score (nSPS) is 16.3. The molecule has 1 aromatic carbocycles. The largest absolute Gasteiger partial charge is 0.480 e. The van der Waals surface area contributed by atoms with Crippen molar-refractivity contribution >= 4 is 23.5 Å². The first-order valence-corrected chi connectivity index (χ1v) is 7.87. The minimum absolute atomic E-state index is 0.00455. The number of benzene rings is 1. The summed E-state index contributed by atoms with van der Waals surface area (Å²) >= 11 is 0. The molecule has 1 fully saturated rings. The van der Waals surface area contributed by atoms with E-state index in [4.69, 9.17) is 0 Å². The quantitative estimate of drug-likeness (QED) is 0.718. The van der Waals surface area contributed by atoms with Crippen LogP contribution in [0.15, 0.2) is 24.3 Å². The van der Waals surface area contributed by atoms with Gasteiger partial charge in [0.25, 0.3) is 5.91 Å². The molecule has 1 saturated carbocycles. The van der Waals surface area contributed by atoms with Crippen LogP contribution in [0.25, 0.3) is 0 Å². The lowest BCUT2D eigenvalue weighted by Crippen LogP contribution is -2.45. The Kier molecular flexibility index (Phi) is 5.36. The molecule has 0 unspecified atom stereocenters. The number of rotatable bonds is 7. The summed E-state index contributed by atoms with van der Waals surface area (Å²) in [6.07, 6.45) is 2.51. The molecule has 0 spiro atoms. The van der Waals surface area contributed by atoms with Gasteiger partial charge < -0.3 is 15.7 Å². The summed E-state index contributed by atoms with van der Waals surface area (Å²) in [6.45, 7) is 3.67. The molecule has 1 aromatic rings. The number of carboxylic acid groups (broad SMARTS) is 1. The van der Waals surface area contributed by atoms with E-state index in [2.05, 4.69) is 10.6 Å². The van der Waals surface area contributed by atoms with Crippen molar-refractivity contribution in [1.82, 2.24) is 5.32 Å². The zero-order chi connectivity index (χ0) is 17.0. The van der Waals surface area contributed by atoms with Crippen molar-refractivity contribution < 1.29 is 19.5 Å². The number of amides is 2. The molecule has 6 heteroatoms. The first kappa shape index (κ1) is 17.0. The van der Waals surface area contributed by atoms with Crippen LogP contribution in [-0.2, 0) is 9.59 Å². The van der Waals surface area contributed by atoms with E-state index in [1.165, 1.54) is 0 Å². The zero-order valence-electron chi connectivity index (χ0n) is 13.3. The van der Waals surface area contributed by atoms with Gasteiger partial charge in [-0.2, -0.15) is 0 Å². The molecule has 2 atom stereocenters. The van der Waals surface area contributed by atoms with Crippen molar-refractivity contribution in [2.75, 3.05) is 5.32 Å². The van der Waals surface area contributed by atoms with E-state index in [9.17, 15) is 19.5 Å². The molecule has 2 amide bonds. The van der Waals surface area contributed by atoms with Gasteiger partial charge in [0, 0.05) is 17.2 Å². The molecule has 0 aliphatic heterocycles. The van der Waals surface area contributed by atoms with Gasteiger partial charge in [0.1, 0.15) is 6.04 Å². The second kappa shape index (κ2) is 7.26. The molecule has 23 heavy (non-hydrogen) atoms. The third-order valence-corrected chi connectivity index (χ3v) is 4.13. The summed E-state index contributed by atoms with van der Waals surface area (Å²) in [5.41, 5.74) is 0.999. The molecular weight excluding hydrogens is 296 g/mol. The number of carbonyl (C=O) groups is 3. The average Bonchev–Trinajstić information content (AvgIpc) is 3.37. The summed E-state index contributed by atoms with van der Waals surface area (Å²) in [7, 11) is 0. The smallest absolute Gasteiger partial charge is 0.326 e. The van der Waals surface area contributed by atoms with Crippen LogP contribution >= 0.6 is 0 Å². The number of carbonyl (C=O) groups excluding carboxylic acids is 2. The van der Waals surface area contributed by atoms with Crippen LogP contribution in [0.1, 0.15) is 43.5 Å². The molecule has 0 aromatic heterocycles. The second-order valence-corrected chi connectivity index (χ2v) is 6.02. The Bertz CT molecular complexity index is 593. The summed E-state index contributed by atoms with van der Waals surface area (Å²) in [5, 5.41) is 14.5. The van der Waals surface area contributed by atoms with Crippen LogP contribution in [-0.4, -0.2) is 28.9 Å². The fourth-order valence-electron chi connectivity index (χ4n) is 2.20. The SMILES string of the molecule is CC[C@H](C)[C@H](NC(=O)c1ccc(NC(=O)C2CC2)cc1)C(=O)O. The fourth-order valence-corrected chi connectivity index (χ4v) is 2.20. The Morgan fingerprint density at radius 3 is 2.30 bits per heavy atom. The maximum atomic E-state index is 12.2. The van der Waals surface area contributed by atoms with Gasteiger partial charge in [-0.25, -0.2) is 4.79 Å². The number of hydrogen-bond acceptors (Lipinski definition) is 3. The third kappa shape index (κ3) is 4.55. The van der Waals surface area contributed by atoms with Crippen LogP contribution in [0.3, 0.4) is 0 Å². The van der Waals surface area contributed by atoms with Gasteiger partial charge >= 0.3 is 5.97 Å². The monoisotopic (exact) mass is 318 g/mol. The maximum absolute atomic E-state index is 12.2. The average molecular weight is 318 g/mol. The van der Waals surface area contributed by atoms with E-state index < -0.39 is 17.9 Å². The molecule has 0 radical (unpaired) electrons. The molecule has 124 valence electrons. The van der Waals surface area contributed by atoms with Gasteiger partial charge in [-0.15, -0.1) is 0 Å². The molecule has 2 rings (SSSR count). The summed E-state index contributed by atoms with van der Waals surface area (Å²) in [6, 6.07) is 5.53. The van der Waals surface area contributed by atoms with Gasteiger partial charge in [0.05, 0.1) is 0 Å². The third-order valence-electron chi connectivity index (χ3n) is 4.13. The lowest BCUT2D eigenvalue weighted by molar-refractivity contribution is -0.140. The Morgan fingerprint density at radius 1 is 1.22 bits per heavy atom. The van der Waals surface area contributed by atoms with Gasteiger partial charge in [-0.1, -0.05) is 20.3 Å².